The van der Waals surface area contributed by atoms with Gasteiger partial charge in [0.15, 0.2) is 0 Å². The van der Waals surface area contributed by atoms with Crippen LogP contribution in [0.2, 0.25) is 0 Å². The molecule has 0 bridgehead atoms. The molecule has 1 N–H and O–H groups in total. The highest BCUT2D eigenvalue weighted by Gasteiger charge is 2.19. The van der Waals surface area contributed by atoms with E-state index in [0.29, 0.717) is 5.56 Å². The van der Waals surface area contributed by atoms with Crippen molar-refractivity contribution < 1.29 is 9.90 Å². The van der Waals surface area contributed by atoms with E-state index >= 15 is 0 Å². The van der Waals surface area contributed by atoms with Gasteiger partial charge in [-0.15, -0.1) is 0 Å². The summed E-state index contributed by atoms with van der Waals surface area (Å²) in [7, 11) is 0. The fraction of sp³-hybridized carbons (Fsp3) is 0.389. The second kappa shape index (κ2) is 6.97. The second-order valence-electron chi connectivity index (χ2n) is 6.22. The lowest BCUT2D eigenvalue weighted by Gasteiger charge is -2.34. The number of anilines is 1. The minimum absolute atomic E-state index is 0.329. The first-order valence-electron chi connectivity index (χ1n) is 8.13. The summed E-state index contributed by atoms with van der Waals surface area (Å²) in [6, 6.07) is 9.10. The van der Waals surface area contributed by atoms with Crippen molar-refractivity contribution in [1.82, 2.24) is 14.9 Å². The molecule has 0 unspecified atom stereocenters. The van der Waals surface area contributed by atoms with Crippen LogP contribution >= 0.6 is 0 Å². The minimum atomic E-state index is -0.886. The van der Waals surface area contributed by atoms with E-state index in [9.17, 15) is 4.79 Å². The first-order chi connectivity index (χ1) is 11.5. The maximum atomic E-state index is 10.9. The summed E-state index contributed by atoms with van der Waals surface area (Å²) in [5, 5.41) is 8.95. The molecule has 6 heteroatoms. The number of aryl methyl sites for hydroxylation is 2. The zero-order valence-electron chi connectivity index (χ0n) is 14.1. The zero-order valence-corrected chi connectivity index (χ0v) is 14.1. The van der Waals surface area contributed by atoms with E-state index in [0.717, 1.165) is 55.6 Å². The lowest BCUT2D eigenvalue weighted by Crippen LogP contribution is -2.46. The van der Waals surface area contributed by atoms with Gasteiger partial charge in [0, 0.05) is 44.1 Å². The Morgan fingerprint density at radius 3 is 2.17 bits per heavy atom. The molecule has 0 amide bonds. The SMILES string of the molecule is Cc1cc(C)nc(N2CCN(Cc3ccc(C(=O)O)cc3)CC2)n1. The number of carboxylic acid groups (broad SMARTS) is 1. The molecule has 0 saturated carbocycles. The third-order valence-corrected chi connectivity index (χ3v) is 4.23. The van der Waals surface area contributed by atoms with Crippen molar-refractivity contribution in [3.8, 4) is 0 Å². The van der Waals surface area contributed by atoms with Gasteiger partial charge in [-0.05, 0) is 37.6 Å². The molecule has 2 aromatic rings. The molecule has 1 saturated heterocycles. The normalized spacial score (nSPS) is 15.5. The largest absolute Gasteiger partial charge is 0.478 e. The van der Waals surface area contributed by atoms with Crippen molar-refractivity contribution in [2.24, 2.45) is 0 Å². The van der Waals surface area contributed by atoms with E-state index in [1.54, 1.807) is 12.1 Å². The maximum Gasteiger partial charge on any atom is 0.335 e. The first kappa shape index (κ1) is 16.4. The van der Waals surface area contributed by atoms with Crippen LogP contribution in [0.5, 0.6) is 0 Å². The number of carbonyl (C=O) groups is 1. The molecule has 1 aliphatic heterocycles. The van der Waals surface area contributed by atoms with Crippen molar-refractivity contribution in [2.45, 2.75) is 20.4 Å². The molecule has 0 radical (unpaired) electrons. The molecule has 0 aliphatic carbocycles. The van der Waals surface area contributed by atoms with Gasteiger partial charge in [0.1, 0.15) is 0 Å². The summed E-state index contributed by atoms with van der Waals surface area (Å²) in [5.74, 6) is -0.0680. The Bertz CT molecular complexity index is 702. The number of piperazine rings is 1. The zero-order chi connectivity index (χ0) is 17.1. The van der Waals surface area contributed by atoms with Crippen molar-refractivity contribution in [3.63, 3.8) is 0 Å². The average Bonchev–Trinajstić information content (AvgIpc) is 2.55. The molecule has 2 heterocycles. The molecule has 3 rings (SSSR count). The van der Waals surface area contributed by atoms with Gasteiger partial charge in [-0.25, -0.2) is 14.8 Å². The average molecular weight is 326 g/mol. The van der Waals surface area contributed by atoms with Crippen molar-refractivity contribution in [2.75, 3.05) is 31.1 Å². The predicted octanol–water partition coefficient (Wildman–Crippen LogP) is 2.11. The molecule has 6 nitrogen and oxygen atoms in total. The standard InChI is InChI=1S/C18H22N4O2/c1-13-11-14(2)20-18(19-13)22-9-7-21(8-10-22)12-15-3-5-16(6-4-15)17(23)24/h3-6,11H,7-10,12H2,1-2H3,(H,23,24). The van der Waals surface area contributed by atoms with E-state index in [1.165, 1.54) is 0 Å². The summed E-state index contributed by atoms with van der Waals surface area (Å²) < 4.78 is 0. The van der Waals surface area contributed by atoms with Gasteiger partial charge in [-0.2, -0.15) is 0 Å². The summed E-state index contributed by atoms with van der Waals surface area (Å²) in [4.78, 5) is 24.6. The Morgan fingerprint density at radius 2 is 1.62 bits per heavy atom. The van der Waals surface area contributed by atoms with E-state index in [-0.39, 0.29) is 0 Å². The van der Waals surface area contributed by atoms with Crippen LogP contribution in [-0.2, 0) is 6.54 Å². The third kappa shape index (κ3) is 3.89. The van der Waals surface area contributed by atoms with Crippen LogP contribution in [0.3, 0.4) is 0 Å². The molecular weight excluding hydrogens is 304 g/mol. The topological polar surface area (TPSA) is 69.6 Å². The third-order valence-electron chi connectivity index (χ3n) is 4.23. The second-order valence-corrected chi connectivity index (χ2v) is 6.22. The van der Waals surface area contributed by atoms with Crippen LogP contribution in [0.25, 0.3) is 0 Å². The van der Waals surface area contributed by atoms with Crippen LogP contribution in [0.15, 0.2) is 30.3 Å². The quantitative estimate of drug-likeness (QED) is 0.928. The minimum Gasteiger partial charge on any atom is -0.478 e. The van der Waals surface area contributed by atoms with Crippen LogP contribution in [0.4, 0.5) is 5.95 Å². The van der Waals surface area contributed by atoms with E-state index in [2.05, 4.69) is 19.8 Å². The lowest BCUT2D eigenvalue weighted by molar-refractivity contribution is 0.0697. The number of carboxylic acids is 1. The van der Waals surface area contributed by atoms with Crippen LogP contribution in [-0.4, -0.2) is 52.1 Å². The van der Waals surface area contributed by atoms with E-state index in [1.807, 2.05) is 32.0 Å². The number of hydrogen-bond donors (Lipinski definition) is 1. The van der Waals surface area contributed by atoms with Gasteiger partial charge >= 0.3 is 5.97 Å². The number of nitrogens with zero attached hydrogens (tertiary/aromatic N) is 4. The first-order valence-corrected chi connectivity index (χ1v) is 8.13. The van der Waals surface area contributed by atoms with Crippen LogP contribution in [0.1, 0.15) is 27.3 Å². The molecule has 126 valence electrons. The highest BCUT2D eigenvalue weighted by atomic mass is 16.4. The molecule has 24 heavy (non-hydrogen) atoms. The highest BCUT2D eigenvalue weighted by molar-refractivity contribution is 5.87. The Labute approximate surface area is 141 Å². The lowest BCUT2D eigenvalue weighted by atomic mass is 10.1. The van der Waals surface area contributed by atoms with Gasteiger partial charge < -0.3 is 10.0 Å². The number of hydrogen-bond acceptors (Lipinski definition) is 5. The Morgan fingerprint density at radius 1 is 1.04 bits per heavy atom. The Hall–Kier alpha value is -2.47. The highest BCUT2D eigenvalue weighted by Crippen LogP contribution is 2.15. The summed E-state index contributed by atoms with van der Waals surface area (Å²) in [6.45, 7) is 8.51. The fourth-order valence-electron chi connectivity index (χ4n) is 2.97. The van der Waals surface area contributed by atoms with Crippen LogP contribution in [0, 0.1) is 13.8 Å². The van der Waals surface area contributed by atoms with E-state index < -0.39 is 5.97 Å². The monoisotopic (exact) mass is 326 g/mol. The van der Waals surface area contributed by atoms with Gasteiger partial charge in [0.25, 0.3) is 0 Å². The molecule has 0 spiro atoms. The number of aromatic nitrogens is 2. The van der Waals surface area contributed by atoms with Gasteiger partial charge in [0.05, 0.1) is 5.56 Å². The Kier molecular flexibility index (Phi) is 4.76. The Balaban J connectivity index is 1.57. The predicted molar refractivity (Wildman–Crippen MR) is 92.4 cm³/mol. The number of benzene rings is 1. The molecule has 1 aromatic carbocycles. The molecular formula is C18H22N4O2. The van der Waals surface area contributed by atoms with Gasteiger partial charge in [-0.1, -0.05) is 12.1 Å². The van der Waals surface area contributed by atoms with Gasteiger partial charge in [0.2, 0.25) is 5.95 Å². The fourth-order valence-corrected chi connectivity index (χ4v) is 2.97. The summed E-state index contributed by atoms with van der Waals surface area (Å²) in [5.41, 5.74) is 3.46. The number of rotatable bonds is 4. The molecule has 1 fully saturated rings. The molecule has 1 aliphatic rings. The van der Waals surface area contributed by atoms with Crippen molar-refractivity contribution >= 4 is 11.9 Å². The number of aromatic carboxylic acids is 1. The maximum absolute atomic E-state index is 10.9. The smallest absolute Gasteiger partial charge is 0.335 e. The van der Waals surface area contributed by atoms with Crippen molar-refractivity contribution in [1.29, 1.82) is 0 Å². The molecule has 0 atom stereocenters. The molecule has 1 aromatic heterocycles. The summed E-state index contributed by atoms with van der Waals surface area (Å²) >= 11 is 0. The van der Waals surface area contributed by atoms with E-state index in [4.69, 9.17) is 5.11 Å². The van der Waals surface area contributed by atoms with Crippen LogP contribution < -0.4 is 4.90 Å². The summed E-state index contributed by atoms with van der Waals surface area (Å²) in [6.07, 6.45) is 0. The van der Waals surface area contributed by atoms with Crippen molar-refractivity contribution in [3.05, 3.63) is 52.8 Å². The van der Waals surface area contributed by atoms with Gasteiger partial charge in [-0.3, -0.25) is 4.90 Å².